The molecule has 0 spiro atoms. The lowest BCUT2D eigenvalue weighted by Gasteiger charge is -2.23. The van der Waals surface area contributed by atoms with E-state index < -0.39 is 17.6 Å². The van der Waals surface area contributed by atoms with Crippen LogP contribution in [0.5, 0.6) is 0 Å². The molecular weight excluding hydrogens is 456 g/mol. The van der Waals surface area contributed by atoms with Crippen LogP contribution < -0.4 is 10.2 Å². The number of alkyl halides is 3. The van der Waals surface area contributed by atoms with E-state index in [4.69, 9.17) is 0 Å². The molecule has 174 valence electrons. The Balaban J connectivity index is 1.18. The van der Waals surface area contributed by atoms with E-state index in [0.29, 0.717) is 48.2 Å². The van der Waals surface area contributed by atoms with E-state index in [1.807, 2.05) is 6.92 Å². The molecular formula is C22H22F4N6S. The van der Waals surface area contributed by atoms with E-state index in [-0.39, 0.29) is 5.92 Å². The predicted octanol–water partition coefficient (Wildman–Crippen LogP) is 4.67. The summed E-state index contributed by atoms with van der Waals surface area (Å²) in [5.41, 5.74) is 0.222. The molecule has 2 fully saturated rings. The molecule has 0 amide bonds. The molecule has 1 saturated heterocycles. The Labute approximate surface area is 191 Å². The van der Waals surface area contributed by atoms with E-state index in [1.54, 1.807) is 4.68 Å². The number of piperidine rings is 1. The van der Waals surface area contributed by atoms with E-state index in [9.17, 15) is 17.6 Å². The quantitative estimate of drug-likeness (QED) is 0.552. The minimum Gasteiger partial charge on any atom is -0.361 e. The number of nitrogens with one attached hydrogen (secondary N) is 1. The molecule has 11 heteroatoms. The van der Waals surface area contributed by atoms with Gasteiger partial charge in [-0.05, 0) is 55.1 Å². The van der Waals surface area contributed by atoms with Gasteiger partial charge in [0.1, 0.15) is 16.6 Å². The molecule has 6 nitrogen and oxygen atoms in total. The number of anilines is 2. The van der Waals surface area contributed by atoms with Crippen LogP contribution >= 0.6 is 11.5 Å². The van der Waals surface area contributed by atoms with Gasteiger partial charge >= 0.3 is 6.18 Å². The second-order valence-corrected chi connectivity index (χ2v) is 9.94. The third kappa shape index (κ3) is 3.66. The first kappa shape index (κ1) is 20.9. The van der Waals surface area contributed by atoms with Gasteiger partial charge in [0, 0.05) is 43.4 Å². The van der Waals surface area contributed by atoms with Crippen molar-refractivity contribution in [2.45, 2.75) is 44.4 Å². The molecule has 6 rings (SSSR count). The Morgan fingerprint density at radius 1 is 1.15 bits per heavy atom. The largest absolute Gasteiger partial charge is 0.419 e. The molecule has 1 aromatic carbocycles. The first-order chi connectivity index (χ1) is 15.8. The fraction of sp³-hybridized carbons (Fsp3) is 0.500. The number of aryl methyl sites for hydroxylation is 2. The molecule has 1 saturated carbocycles. The van der Waals surface area contributed by atoms with E-state index in [2.05, 4.69) is 30.7 Å². The first-order valence-electron chi connectivity index (χ1n) is 11.0. The molecule has 2 aromatic heterocycles. The summed E-state index contributed by atoms with van der Waals surface area (Å²) in [5, 5.41) is 9.23. The third-order valence-corrected chi connectivity index (χ3v) is 7.93. The van der Waals surface area contributed by atoms with Crippen molar-refractivity contribution < 1.29 is 17.6 Å². The van der Waals surface area contributed by atoms with Crippen LogP contribution in [0.15, 0.2) is 24.3 Å². The Morgan fingerprint density at radius 2 is 1.94 bits per heavy atom. The highest BCUT2D eigenvalue weighted by Gasteiger charge is 2.56. The monoisotopic (exact) mass is 478 g/mol. The van der Waals surface area contributed by atoms with Crippen molar-refractivity contribution in [1.82, 2.24) is 19.1 Å². The van der Waals surface area contributed by atoms with Gasteiger partial charge in [0.25, 0.3) is 0 Å². The topological polar surface area (TPSA) is 58.9 Å². The molecule has 1 N–H and O–H groups in total. The van der Waals surface area contributed by atoms with Crippen LogP contribution in [0.4, 0.5) is 28.5 Å². The Morgan fingerprint density at radius 3 is 2.64 bits per heavy atom. The van der Waals surface area contributed by atoms with Gasteiger partial charge in [-0.25, -0.2) is 9.07 Å². The molecule has 3 aromatic rings. The highest BCUT2D eigenvalue weighted by molar-refractivity contribution is 7.10. The zero-order valence-electron chi connectivity index (χ0n) is 17.8. The minimum absolute atomic E-state index is 0.306. The highest BCUT2D eigenvalue weighted by Crippen LogP contribution is 2.49. The van der Waals surface area contributed by atoms with Crippen LogP contribution in [0, 0.1) is 24.6 Å². The molecule has 3 unspecified atom stereocenters. The lowest BCUT2D eigenvalue weighted by molar-refractivity contribution is -0.140. The summed E-state index contributed by atoms with van der Waals surface area (Å²) in [6.07, 6.45) is -3.30. The molecule has 3 atom stereocenters. The van der Waals surface area contributed by atoms with E-state index in [1.165, 1.54) is 22.6 Å². The normalized spacial score (nSPS) is 26.3. The lowest BCUT2D eigenvalue weighted by Crippen LogP contribution is -2.27. The zero-order chi connectivity index (χ0) is 22.9. The number of nitrogens with zero attached hydrogens (tertiary/aromatic N) is 5. The Bertz CT molecular complexity index is 1190. The average molecular weight is 479 g/mol. The summed E-state index contributed by atoms with van der Waals surface area (Å²) >= 11 is 1.53. The van der Waals surface area contributed by atoms with Crippen molar-refractivity contribution in [1.29, 1.82) is 0 Å². The van der Waals surface area contributed by atoms with Gasteiger partial charge < -0.3 is 10.2 Å². The molecule has 4 heterocycles. The average Bonchev–Trinajstić information content (AvgIpc) is 3.22. The fourth-order valence-corrected chi connectivity index (χ4v) is 6.05. The molecule has 0 radical (unpaired) electrons. The zero-order valence-corrected chi connectivity index (χ0v) is 18.6. The van der Waals surface area contributed by atoms with Gasteiger partial charge in [-0.3, -0.25) is 0 Å². The summed E-state index contributed by atoms with van der Waals surface area (Å²) in [7, 11) is 0. The number of halogens is 4. The van der Waals surface area contributed by atoms with Crippen LogP contribution in [0.1, 0.15) is 41.4 Å². The molecule has 33 heavy (non-hydrogen) atoms. The SMILES string of the molecule is Cc1cc(N2CC3C(C2)C3Nc2nc3n(n2)CCCC3c2ccc(F)c(C(F)(F)F)c2)sn1. The fourth-order valence-electron chi connectivity index (χ4n) is 5.27. The van der Waals surface area contributed by atoms with Crippen molar-refractivity contribution in [2.24, 2.45) is 11.8 Å². The summed E-state index contributed by atoms with van der Waals surface area (Å²) in [6.45, 7) is 4.60. The van der Waals surface area contributed by atoms with E-state index in [0.717, 1.165) is 37.3 Å². The number of hydrogen-bond acceptors (Lipinski definition) is 6. The molecule has 3 aliphatic rings. The maximum absolute atomic E-state index is 13.8. The van der Waals surface area contributed by atoms with Crippen molar-refractivity contribution in [3.8, 4) is 0 Å². The van der Waals surface area contributed by atoms with Gasteiger partial charge in [-0.2, -0.15) is 22.5 Å². The predicted molar refractivity (Wildman–Crippen MR) is 116 cm³/mol. The number of aromatic nitrogens is 4. The van der Waals surface area contributed by atoms with Crippen molar-refractivity contribution in [3.05, 3.63) is 52.7 Å². The maximum atomic E-state index is 13.8. The molecule has 1 aliphatic carbocycles. The third-order valence-electron chi connectivity index (χ3n) is 6.99. The first-order valence-corrected chi connectivity index (χ1v) is 11.8. The molecule has 2 aliphatic heterocycles. The smallest absolute Gasteiger partial charge is 0.361 e. The van der Waals surface area contributed by atoms with Gasteiger partial charge in [-0.15, -0.1) is 5.10 Å². The number of rotatable bonds is 4. The van der Waals surface area contributed by atoms with Crippen LogP contribution in [-0.2, 0) is 12.7 Å². The second kappa shape index (κ2) is 7.41. The van der Waals surface area contributed by atoms with Gasteiger partial charge in [0.15, 0.2) is 0 Å². The summed E-state index contributed by atoms with van der Waals surface area (Å²) in [5.74, 6) is 0.608. The maximum Gasteiger partial charge on any atom is 0.419 e. The van der Waals surface area contributed by atoms with Crippen LogP contribution in [0.25, 0.3) is 0 Å². The second-order valence-electron chi connectivity index (χ2n) is 9.16. The van der Waals surface area contributed by atoms with Gasteiger partial charge in [0.2, 0.25) is 5.95 Å². The van der Waals surface area contributed by atoms with Crippen LogP contribution in [0.3, 0.4) is 0 Å². The summed E-state index contributed by atoms with van der Waals surface area (Å²) in [4.78, 5) is 7.02. The van der Waals surface area contributed by atoms with Crippen LogP contribution in [0.2, 0.25) is 0 Å². The van der Waals surface area contributed by atoms with E-state index >= 15 is 0 Å². The molecule has 0 bridgehead atoms. The number of benzene rings is 1. The standard InChI is InChI=1S/C22H22F4N6S/c1-11-7-18(33-30-11)31-9-14-15(10-31)19(14)27-21-28-20-13(3-2-6-32(20)29-21)12-4-5-17(23)16(8-12)22(24,25)26/h4-5,7-8,13-15,19H,2-3,6,9-10H2,1H3,(H,27,29). The van der Waals surface area contributed by atoms with Crippen molar-refractivity contribution in [2.75, 3.05) is 23.3 Å². The summed E-state index contributed by atoms with van der Waals surface area (Å²) in [6, 6.07) is 5.66. The lowest BCUT2D eigenvalue weighted by atomic mass is 9.90. The number of fused-ring (bicyclic) bond motifs is 2. The Hall–Kier alpha value is -2.69. The van der Waals surface area contributed by atoms with Gasteiger partial charge in [-0.1, -0.05) is 6.07 Å². The van der Waals surface area contributed by atoms with Crippen LogP contribution in [-0.4, -0.2) is 38.3 Å². The van der Waals surface area contributed by atoms with Crippen molar-refractivity contribution in [3.63, 3.8) is 0 Å². The minimum atomic E-state index is -4.73. The van der Waals surface area contributed by atoms with Gasteiger partial charge in [0.05, 0.1) is 11.3 Å². The Kier molecular flexibility index (Phi) is 4.69. The highest BCUT2D eigenvalue weighted by atomic mass is 32.1. The number of hydrogen-bond donors (Lipinski definition) is 1. The van der Waals surface area contributed by atoms with Crippen molar-refractivity contribution >= 4 is 22.5 Å². The summed E-state index contributed by atoms with van der Waals surface area (Å²) < 4.78 is 59.5.